The summed E-state index contributed by atoms with van der Waals surface area (Å²) in [5, 5.41) is 3.52. The molecule has 2 saturated heterocycles. The molecule has 0 aliphatic carbocycles. The molecule has 8 heteroatoms. The van der Waals surface area contributed by atoms with E-state index < -0.39 is 0 Å². The summed E-state index contributed by atoms with van der Waals surface area (Å²) < 4.78 is 10.9. The summed E-state index contributed by atoms with van der Waals surface area (Å²) in [6.45, 7) is 15.4. The van der Waals surface area contributed by atoms with Crippen molar-refractivity contribution in [3.8, 4) is 11.5 Å². The number of nitrogens with zero attached hydrogens (tertiary/aromatic N) is 4. The molecule has 1 aromatic rings. The van der Waals surface area contributed by atoms with Crippen molar-refractivity contribution < 1.29 is 9.47 Å². The molecule has 0 saturated carbocycles. The number of piperazine rings is 1. The van der Waals surface area contributed by atoms with Crippen molar-refractivity contribution in [3.05, 3.63) is 23.8 Å². The van der Waals surface area contributed by atoms with E-state index in [1.54, 1.807) is 0 Å². The highest BCUT2D eigenvalue weighted by Crippen LogP contribution is 2.32. The molecule has 7 nitrogen and oxygen atoms in total. The number of rotatable bonds is 7. The highest BCUT2D eigenvalue weighted by atomic mass is 127. The summed E-state index contributed by atoms with van der Waals surface area (Å²) in [4.78, 5) is 12.5. The van der Waals surface area contributed by atoms with Crippen LogP contribution in [0.5, 0.6) is 11.5 Å². The Morgan fingerprint density at radius 2 is 1.75 bits per heavy atom. The zero-order valence-electron chi connectivity index (χ0n) is 19.7. The van der Waals surface area contributed by atoms with Gasteiger partial charge in [0.05, 0.1) is 0 Å². The molecule has 0 spiro atoms. The van der Waals surface area contributed by atoms with Crippen molar-refractivity contribution in [1.29, 1.82) is 0 Å². The molecule has 180 valence electrons. The first-order valence-electron chi connectivity index (χ1n) is 12.1. The molecule has 0 atom stereocenters. The lowest BCUT2D eigenvalue weighted by Crippen LogP contribution is -2.52. The van der Waals surface area contributed by atoms with Crippen LogP contribution in [0, 0.1) is 5.92 Å². The van der Waals surface area contributed by atoms with Crippen LogP contribution in [-0.4, -0.2) is 86.4 Å². The number of likely N-dealkylation sites (tertiary alicyclic amines) is 1. The molecule has 0 bridgehead atoms. The minimum Gasteiger partial charge on any atom is -0.454 e. The highest BCUT2D eigenvalue weighted by molar-refractivity contribution is 14.0. The summed E-state index contributed by atoms with van der Waals surface area (Å²) in [5.74, 6) is 3.67. The van der Waals surface area contributed by atoms with Crippen molar-refractivity contribution in [2.75, 3.05) is 65.7 Å². The smallest absolute Gasteiger partial charge is 0.231 e. The normalized spacial score (nSPS) is 20.3. The van der Waals surface area contributed by atoms with Gasteiger partial charge in [0.1, 0.15) is 0 Å². The number of guanidine groups is 1. The van der Waals surface area contributed by atoms with Crippen molar-refractivity contribution in [2.45, 2.75) is 39.7 Å². The number of aliphatic imine (C=N–C) groups is 1. The van der Waals surface area contributed by atoms with Gasteiger partial charge >= 0.3 is 0 Å². The minimum absolute atomic E-state index is 0. The van der Waals surface area contributed by atoms with E-state index >= 15 is 0 Å². The predicted molar refractivity (Wildman–Crippen MR) is 140 cm³/mol. The third-order valence-electron chi connectivity index (χ3n) is 6.80. The van der Waals surface area contributed by atoms with Crippen molar-refractivity contribution in [1.82, 2.24) is 20.0 Å². The number of halogens is 1. The van der Waals surface area contributed by atoms with E-state index in [1.165, 1.54) is 44.5 Å². The van der Waals surface area contributed by atoms with Gasteiger partial charge in [-0.05, 0) is 69.4 Å². The van der Waals surface area contributed by atoms with Gasteiger partial charge in [-0.3, -0.25) is 9.89 Å². The van der Waals surface area contributed by atoms with Gasteiger partial charge in [0.15, 0.2) is 17.5 Å². The van der Waals surface area contributed by atoms with Gasteiger partial charge < -0.3 is 24.6 Å². The van der Waals surface area contributed by atoms with Crippen LogP contribution >= 0.6 is 24.0 Å². The number of hydrogen-bond acceptors (Lipinski definition) is 5. The molecule has 4 rings (SSSR count). The van der Waals surface area contributed by atoms with Crippen LogP contribution in [0.1, 0.15) is 38.7 Å². The van der Waals surface area contributed by atoms with Gasteiger partial charge in [-0.1, -0.05) is 13.0 Å². The molecule has 0 aromatic heterocycles. The first kappa shape index (κ1) is 25.4. The van der Waals surface area contributed by atoms with E-state index in [2.05, 4.69) is 46.0 Å². The van der Waals surface area contributed by atoms with Gasteiger partial charge in [-0.2, -0.15) is 0 Å². The lowest BCUT2D eigenvalue weighted by atomic mass is 9.94. The molecule has 0 amide bonds. The summed E-state index contributed by atoms with van der Waals surface area (Å²) >= 11 is 0. The summed E-state index contributed by atoms with van der Waals surface area (Å²) in [7, 11) is 0. The molecule has 3 heterocycles. The fourth-order valence-corrected chi connectivity index (χ4v) is 4.79. The highest BCUT2D eigenvalue weighted by Gasteiger charge is 2.22. The van der Waals surface area contributed by atoms with Gasteiger partial charge in [0.2, 0.25) is 6.79 Å². The van der Waals surface area contributed by atoms with E-state index in [0.29, 0.717) is 6.79 Å². The Kier molecular flexibility index (Phi) is 10.2. The Morgan fingerprint density at radius 1 is 1.00 bits per heavy atom. The zero-order chi connectivity index (χ0) is 21.5. The topological polar surface area (TPSA) is 52.6 Å². The van der Waals surface area contributed by atoms with E-state index in [-0.39, 0.29) is 24.0 Å². The second-order valence-electron chi connectivity index (χ2n) is 8.85. The Morgan fingerprint density at radius 3 is 2.47 bits per heavy atom. The third-order valence-corrected chi connectivity index (χ3v) is 6.80. The van der Waals surface area contributed by atoms with Crippen LogP contribution in [-0.2, 0) is 6.54 Å². The molecule has 1 aromatic carbocycles. The van der Waals surface area contributed by atoms with E-state index in [0.717, 1.165) is 69.2 Å². The summed E-state index contributed by atoms with van der Waals surface area (Å²) in [6.07, 6.45) is 3.88. The second-order valence-corrected chi connectivity index (χ2v) is 8.85. The van der Waals surface area contributed by atoms with Crippen LogP contribution in [0.2, 0.25) is 0 Å². The number of piperidine rings is 1. The van der Waals surface area contributed by atoms with Crippen LogP contribution in [0.4, 0.5) is 0 Å². The largest absolute Gasteiger partial charge is 0.454 e. The Hall–Kier alpha value is -1.26. The lowest BCUT2D eigenvalue weighted by molar-refractivity contribution is 0.170. The van der Waals surface area contributed by atoms with E-state index in [9.17, 15) is 0 Å². The second kappa shape index (κ2) is 12.8. The fraction of sp³-hybridized carbons (Fsp3) is 0.708. The first-order chi connectivity index (χ1) is 15.2. The van der Waals surface area contributed by atoms with E-state index in [4.69, 9.17) is 14.5 Å². The monoisotopic (exact) mass is 557 g/mol. The number of fused-ring (bicyclic) bond motifs is 1. The Balaban J connectivity index is 0.00000289. The molecule has 2 fully saturated rings. The number of hydrogen-bond donors (Lipinski definition) is 1. The average molecular weight is 558 g/mol. The molecule has 3 aliphatic heterocycles. The number of benzene rings is 1. The van der Waals surface area contributed by atoms with Crippen LogP contribution in [0.3, 0.4) is 0 Å². The van der Waals surface area contributed by atoms with Gasteiger partial charge in [-0.25, -0.2) is 0 Å². The first-order valence-corrected chi connectivity index (χ1v) is 12.1. The van der Waals surface area contributed by atoms with Crippen molar-refractivity contribution in [3.63, 3.8) is 0 Å². The van der Waals surface area contributed by atoms with Crippen LogP contribution in [0.25, 0.3) is 0 Å². The van der Waals surface area contributed by atoms with E-state index in [1.807, 2.05) is 6.07 Å². The van der Waals surface area contributed by atoms with Crippen LogP contribution in [0.15, 0.2) is 23.2 Å². The molecule has 3 aliphatic rings. The van der Waals surface area contributed by atoms with Gasteiger partial charge in [-0.15, -0.1) is 24.0 Å². The Labute approximate surface area is 210 Å². The van der Waals surface area contributed by atoms with Gasteiger partial charge in [0.25, 0.3) is 0 Å². The maximum absolute atomic E-state index is 5.52. The maximum Gasteiger partial charge on any atom is 0.231 e. The van der Waals surface area contributed by atoms with Gasteiger partial charge in [0, 0.05) is 45.8 Å². The molecule has 1 N–H and O–H groups in total. The number of ether oxygens (including phenoxy) is 2. The number of nitrogens with one attached hydrogen (secondary N) is 1. The predicted octanol–water partition coefficient (Wildman–Crippen LogP) is 3.24. The quantitative estimate of drug-likeness (QED) is 0.316. The molecule has 0 unspecified atom stereocenters. The maximum atomic E-state index is 5.52. The van der Waals surface area contributed by atoms with Crippen LogP contribution < -0.4 is 14.8 Å². The minimum atomic E-state index is 0. The Bertz CT molecular complexity index is 731. The lowest BCUT2D eigenvalue weighted by Gasteiger charge is -2.36. The summed E-state index contributed by atoms with van der Waals surface area (Å²) in [5.41, 5.74) is 1.28. The van der Waals surface area contributed by atoms with Crippen molar-refractivity contribution in [2.24, 2.45) is 10.9 Å². The summed E-state index contributed by atoms with van der Waals surface area (Å²) in [6, 6.07) is 6.29. The van der Waals surface area contributed by atoms with Crippen molar-refractivity contribution >= 4 is 29.9 Å². The molecular weight excluding hydrogens is 517 g/mol. The third kappa shape index (κ3) is 6.87. The molecular formula is C24H40IN5O2. The average Bonchev–Trinajstić information content (AvgIpc) is 3.27. The molecule has 32 heavy (non-hydrogen) atoms. The zero-order valence-corrected chi connectivity index (χ0v) is 22.1. The molecule has 0 radical (unpaired) electrons. The SMILES string of the molecule is CCNC(=NCCC1CCN(CC)CC1)N1CCN(Cc2ccc3c(c2)OCO3)CC1.I. The fourth-order valence-electron chi connectivity index (χ4n) is 4.79. The standard InChI is InChI=1S/C24H39N5O2.HI/c1-3-25-24(26-10-7-20-8-11-27(4-2)12-9-20)29-15-13-28(14-16-29)18-21-5-6-22-23(17-21)31-19-30-22;/h5-6,17,20H,3-4,7-16,18-19H2,1-2H3,(H,25,26);1H.